The van der Waals surface area contributed by atoms with Crippen LogP contribution < -0.4 is 5.32 Å². The van der Waals surface area contributed by atoms with Crippen molar-refractivity contribution in [2.24, 2.45) is 0 Å². The summed E-state index contributed by atoms with van der Waals surface area (Å²) in [6.45, 7) is 2.34. The van der Waals surface area contributed by atoms with E-state index < -0.39 is 6.10 Å². The van der Waals surface area contributed by atoms with Crippen LogP contribution in [0.2, 0.25) is 10.0 Å². The fraction of sp³-hybridized carbons (Fsp3) is 0.333. The van der Waals surface area contributed by atoms with Crippen molar-refractivity contribution in [2.45, 2.75) is 32.0 Å². The van der Waals surface area contributed by atoms with E-state index in [0.29, 0.717) is 29.3 Å². The summed E-state index contributed by atoms with van der Waals surface area (Å²) in [6.07, 6.45) is 1.35. The number of rotatable bonds is 6. The number of nitrogens with one attached hydrogen (secondary N) is 1. The summed E-state index contributed by atoms with van der Waals surface area (Å²) in [5.74, 6) is 0.560. The number of aromatic hydroxyl groups is 1. The van der Waals surface area contributed by atoms with E-state index in [1.54, 1.807) is 18.2 Å². The number of phenols is 1. The van der Waals surface area contributed by atoms with Gasteiger partial charge >= 0.3 is 0 Å². The van der Waals surface area contributed by atoms with E-state index in [1.165, 1.54) is 12.3 Å². The number of furan rings is 1. The summed E-state index contributed by atoms with van der Waals surface area (Å²) >= 11 is 11.8. The summed E-state index contributed by atoms with van der Waals surface area (Å²) < 4.78 is 5.16. The highest BCUT2D eigenvalue weighted by Gasteiger charge is 2.15. The molecule has 2 atom stereocenters. The molecule has 0 radical (unpaired) electrons. The molecule has 0 saturated carbocycles. The number of halogens is 2. The quantitative estimate of drug-likeness (QED) is 0.752. The average Bonchev–Trinajstić information content (AvgIpc) is 2.95. The Hall–Kier alpha value is -1.20. The molecular weight excluding hydrogens is 313 g/mol. The van der Waals surface area contributed by atoms with Crippen molar-refractivity contribution in [3.63, 3.8) is 0 Å². The van der Waals surface area contributed by atoms with Crippen LogP contribution in [0.1, 0.15) is 30.8 Å². The highest BCUT2D eigenvalue weighted by atomic mass is 35.5. The Bertz CT molecular complexity index is 587. The summed E-state index contributed by atoms with van der Waals surface area (Å²) in [5.41, 5.74) is 0.617. The minimum atomic E-state index is -0.668. The Morgan fingerprint density at radius 3 is 2.76 bits per heavy atom. The molecule has 1 aromatic carbocycles. The summed E-state index contributed by atoms with van der Waals surface area (Å²) in [7, 11) is 0. The van der Waals surface area contributed by atoms with Crippen molar-refractivity contribution in [2.75, 3.05) is 0 Å². The van der Waals surface area contributed by atoms with Crippen LogP contribution in [0.4, 0.5) is 0 Å². The Kier molecular flexibility index (Phi) is 5.53. The minimum Gasteiger partial charge on any atom is -0.506 e. The number of hydrogen-bond acceptors (Lipinski definition) is 4. The lowest BCUT2D eigenvalue weighted by Gasteiger charge is -2.17. The standard InChI is InChI=1S/C15H17Cl2NO3/c1-9(5-13(19)14-3-2-4-21-14)18-8-10-6-11(16)7-12(17)15(10)20/h2-4,6-7,9,13,18-20H,5,8H2,1H3. The molecule has 0 amide bonds. The van der Waals surface area contributed by atoms with Crippen LogP contribution in [0.5, 0.6) is 5.75 Å². The molecule has 0 aliphatic rings. The van der Waals surface area contributed by atoms with Gasteiger partial charge in [-0.15, -0.1) is 0 Å². The van der Waals surface area contributed by atoms with Gasteiger partial charge in [-0.1, -0.05) is 23.2 Å². The van der Waals surface area contributed by atoms with Crippen molar-refractivity contribution in [3.8, 4) is 5.75 Å². The lowest BCUT2D eigenvalue weighted by atomic mass is 10.1. The first-order valence-corrected chi connectivity index (χ1v) is 7.34. The predicted molar refractivity (Wildman–Crippen MR) is 82.7 cm³/mol. The van der Waals surface area contributed by atoms with Gasteiger partial charge in [0.05, 0.1) is 11.3 Å². The minimum absolute atomic E-state index is 0.0160. The fourth-order valence-electron chi connectivity index (χ4n) is 2.05. The third kappa shape index (κ3) is 4.38. The van der Waals surface area contributed by atoms with E-state index in [1.807, 2.05) is 6.92 Å². The number of aliphatic hydroxyl groups excluding tert-OH is 1. The first kappa shape index (κ1) is 16.2. The van der Waals surface area contributed by atoms with Crippen LogP contribution in [-0.2, 0) is 6.54 Å². The molecule has 1 heterocycles. The van der Waals surface area contributed by atoms with Gasteiger partial charge < -0.3 is 19.9 Å². The van der Waals surface area contributed by atoms with Gasteiger partial charge in [-0.2, -0.15) is 0 Å². The van der Waals surface area contributed by atoms with Crippen LogP contribution in [-0.4, -0.2) is 16.3 Å². The van der Waals surface area contributed by atoms with Gasteiger partial charge in [-0.3, -0.25) is 0 Å². The second-order valence-corrected chi connectivity index (χ2v) is 5.79. The number of aliphatic hydroxyl groups is 1. The van der Waals surface area contributed by atoms with Gasteiger partial charge in [0.25, 0.3) is 0 Å². The zero-order valence-electron chi connectivity index (χ0n) is 11.5. The SMILES string of the molecule is CC(CC(O)c1ccco1)NCc1cc(Cl)cc(Cl)c1O. The topological polar surface area (TPSA) is 65.6 Å². The second kappa shape index (κ2) is 7.18. The van der Waals surface area contributed by atoms with E-state index in [4.69, 9.17) is 27.6 Å². The van der Waals surface area contributed by atoms with E-state index in [2.05, 4.69) is 5.32 Å². The lowest BCUT2D eigenvalue weighted by molar-refractivity contribution is 0.128. The maximum atomic E-state index is 9.99. The van der Waals surface area contributed by atoms with Crippen LogP contribution >= 0.6 is 23.2 Å². The molecule has 3 N–H and O–H groups in total. The van der Waals surface area contributed by atoms with Gasteiger partial charge in [-0.25, -0.2) is 0 Å². The van der Waals surface area contributed by atoms with Crippen molar-refractivity contribution in [1.29, 1.82) is 0 Å². The highest BCUT2D eigenvalue weighted by molar-refractivity contribution is 6.35. The number of hydrogen-bond donors (Lipinski definition) is 3. The van der Waals surface area contributed by atoms with Crippen LogP contribution in [0, 0.1) is 0 Å². The first-order valence-electron chi connectivity index (χ1n) is 6.59. The molecule has 0 fully saturated rings. The average molecular weight is 330 g/mol. The van der Waals surface area contributed by atoms with Crippen molar-refractivity contribution >= 4 is 23.2 Å². The Morgan fingerprint density at radius 1 is 1.33 bits per heavy atom. The summed E-state index contributed by atoms with van der Waals surface area (Å²) in [5, 5.41) is 23.8. The monoisotopic (exact) mass is 329 g/mol. The maximum absolute atomic E-state index is 9.99. The van der Waals surface area contributed by atoms with Crippen LogP contribution in [0.25, 0.3) is 0 Å². The molecule has 21 heavy (non-hydrogen) atoms. The van der Waals surface area contributed by atoms with Gasteiger partial charge in [-0.05, 0) is 37.6 Å². The molecule has 114 valence electrons. The molecule has 2 unspecified atom stereocenters. The fourth-order valence-corrected chi connectivity index (χ4v) is 2.59. The van der Waals surface area contributed by atoms with Crippen molar-refractivity contribution in [3.05, 3.63) is 51.9 Å². The zero-order chi connectivity index (χ0) is 15.4. The van der Waals surface area contributed by atoms with Gasteiger partial charge in [0.2, 0.25) is 0 Å². The largest absolute Gasteiger partial charge is 0.506 e. The van der Waals surface area contributed by atoms with E-state index in [0.717, 1.165) is 0 Å². The molecule has 1 aromatic heterocycles. The van der Waals surface area contributed by atoms with Crippen LogP contribution in [0.3, 0.4) is 0 Å². The van der Waals surface area contributed by atoms with Gasteiger partial charge in [0.1, 0.15) is 17.6 Å². The number of phenolic OH excluding ortho intramolecular Hbond substituents is 1. The summed E-state index contributed by atoms with van der Waals surface area (Å²) in [4.78, 5) is 0. The maximum Gasteiger partial charge on any atom is 0.138 e. The third-order valence-electron chi connectivity index (χ3n) is 3.20. The van der Waals surface area contributed by atoms with E-state index >= 15 is 0 Å². The Balaban J connectivity index is 1.91. The molecular formula is C15H17Cl2NO3. The lowest BCUT2D eigenvalue weighted by Crippen LogP contribution is -2.27. The molecule has 0 saturated heterocycles. The van der Waals surface area contributed by atoms with Gasteiger partial charge in [0, 0.05) is 23.2 Å². The zero-order valence-corrected chi connectivity index (χ0v) is 13.0. The molecule has 0 bridgehead atoms. The first-order chi connectivity index (χ1) is 9.97. The van der Waals surface area contributed by atoms with Crippen molar-refractivity contribution in [1.82, 2.24) is 5.32 Å². The molecule has 4 nitrogen and oxygen atoms in total. The molecule has 6 heteroatoms. The second-order valence-electron chi connectivity index (χ2n) is 4.94. The third-order valence-corrected chi connectivity index (χ3v) is 3.70. The van der Waals surface area contributed by atoms with E-state index in [9.17, 15) is 10.2 Å². The van der Waals surface area contributed by atoms with Crippen molar-refractivity contribution < 1.29 is 14.6 Å². The smallest absolute Gasteiger partial charge is 0.138 e. The molecule has 0 aliphatic carbocycles. The normalized spacial score (nSPS) is 14.1. The molecule has 2 rings (SSSR count). The molecule has 2 aromatic rings. The van der Waals surface area contributed by atoms with Gasteiger partial charge in [0.15, 0.2) is 0 Å². The highest BCUT2D eigenvalue weighted by Crippen LogP contribution is 2.31. The summed E-state index contributed by atoms with van der Waals surface area (Å²) in [6, 6.07) is 6.64. The molecule has 0 spiro atoms. The Labute approximate surface area is 133 Å². The Morgan fingerprint density at radius 2 is 2.10 bits per heavy atom. The van der Waals surface area contributed by atoms with Crippen LogP contribution in [0.15, 0.2) is 34.9 Å². The predicted octanol–water partition coefficient (Wildman–Crippen LogP) is 3.89. The number of benzene rings is 1. The molecule has 0 aliphatic heterocycles. The van der Waals surface area contributed by atoms with E-state index in [-0.39, 0.29) is 16.8 Å².